The molecule has 0 bridgehead atoms. The fraction of sp³-hybridized carbons (Fsp3) is 0.160. The van der Waals surface area contributed by atoms with Crippen molar-refractivity contribution < 1.29 is 13.9 Å². The molecule has 1 amide bonds. The number of methoxy groups -OCH3 is 1. The Morgan fingerprint density at radius 1 is 1.16 bits per heavy atom. The second-order valence-corrected chi connectivity index (χ2v) is 7.99. The molecule has 1 aliphatic rings. The van der Waals surface area contributed by atoms with Gasteiger partial charge in [-0.3, -0.25) is 4.79 Å². The van der Waals surface area contributed by atoms with E-state index in [-0.39, 0.29) is 11.7 Å². The van der Waals surface area contributed by atoms with Gasteiger partial charge in [0.15, 0.2) is 5.76 Å². The van der Waals surface area contributed by atoms with Crippen LogP contribution in [0.4, 0.5) is 0 Å². The maximum Gasteiger partial charge on any atom is 0.310 e. The van der Waals surface area contributed by atoms with E-state index in [0.717, 1.165) is 39.1 Å². The lowest BCUT2D eigenvalue weighted by atomic mass is 9.96. The van der Waals surface area contributed by atoms with Gasteiger partial charge in [-0.1, -0.05) is 35.9 Å². The number of aryl methyl sites for hydroxylation is 1. The lowest BCUT2D eigenvalue weighted by Gasteiger charge is -2.22. The Morgan fingerprint density at radius 3 is 2.75 bits per heavy atom. The predicted molar refractivity (Wildman–Crippen MR) is 123 cm³/mol. The molecule has 5 rings (SSSR count). The van der Waals surface area contributed by atoms with Crippen LogP contribution < -0.4 is 4.74 Å². The average molecular weight is 446 g/mol. The zero-order valence-corrected chi connectivity index (χ0v) is 18.3. The Bertz CT molecular complexity index is 1350. The Kier molecular flexibility index (Phi) is 5.15. The van der Waals surface area contributed by atoms with E-state index < -0.39 is 6.04 Å². The van der Waals surface area contributed by atoms with Crippen LogP contribution in [0.25, 0.3) is 10.9 Å². The van der Waals surface area contributed by atoms with Gasteiger partial charge in [-0.15, -0.1) is 0 Å². The van der Waals surface area contributed by atoms with Gasteiger partial charge < -0.3 is 9.15 Å². The van der Waals surface area contributed by atoms with Gasteiger partial charge in [0.1, 0.15) is 10.9 Å². The molecule has 6 nitrogen and oxygen atoms in total. The molecule has 0 fully saturated rings. The molecular formula is C25H20ClN3O3. The molecule has 160 valence electrons. The maximum atomic E-state index is 13.3. The first-order valence-electron chi connectivity index (χ1n) is 10.2. The highest BCUT2D eigenvalue weighted by Gasteiger charge is 2.36. The van der Waals surface area contributed by atoms with Crippen molar-refractivity contribution in [3.63, 3.8) is 0 Å². The van der Waals surface area contributed by atoms with Crippen molar-refractivity contribution in [1.82, 2.24) is 9.99 Å². The number of aromatic nitrogens is 1. The van der Waals surface area contributed by atoms with Crippen LogP contribution in [0.2, 0.25) is 5.15 Å². The zero-order chi connectivity index (χ0) is 22.2. The first-order chi connectivity index (χ1) is 15.5. The van der Waals surface area contributed by atoms with Crippen LogP contribution in [0.1, 0.15) is 39.7 Å². The summed E-state index contributed by atoms with van der Waals surface area (Å²) in [6.07, 6.45) is 1.98. The number of hydrazone groups is 1. The highest BCUT2D eigenvalue weighted by Crippen LogP contribution is 2.38. The van der Waals surface area contributed by atoms with Gasteiger partial charge in [-0.25, -0.2) is 9.99 Å². The highest BCUT2D eigenvalue weighted by molar-refractivity contribution is 6.30. The van der Waals surface area contributed by atoms with Crippen LogP contribution in [0.15, 0.2) is 76.4 Å². The molecule has 1 atom stereocenters. The summed E-state index contributed by atoms with van der Waals surface area (Å²) in [5.74, 6) is 0.612. The molecule has 0 spiro atoms. The summed E-state index contributed by atoms with van der Waals surface area (Å²) in [5.41, 5.74) is 4.37. The first kappa shape index (κ1) is 20.3. The molecule has 0 saturated heterocycles. The molecular weight excluding hydrogens is 426 g/mol. The number of benzene rings is 2. The smallest absolute Gasteiger partial charge is 0.310 e. The van der Waals surface area contributed by atoms with Crippen LogP contribution in [-0.2, 0) is 0 Å². The Hall–Kier alpha value is -3.64. The van der Waals surface area contributed by atoms with E-state index in [4.69, 9.17) is 25.9 Å². The molecule has 0 N–H and O–H groups in total. The zero-order valence-electron chi connectivity index (χ0n) is 17.6. The van der Waals surface area contributed by atoms with Gasteiger partial charge in [0, 0.05) is 22.9 Å². The van der Waals surface area contributed by atoms with E-state index in [9.17, 15) is 4.79 Å². The number of fused-ring (bicyclic) bond motifs is 1. The van der Waals surface area contributed by atoms with Crippen molar-refractivity contribution in [2.45, 2.75) is 19.4 Å². The molecule has 7 heteroatoms. The number of amides is 1. The molecule has 4 aromatic rings. The second-order valence-electron chi connectivity index (χ2n) is 7.64. The summed E-state index contributed by atoms with van der Waals surface area (Å²) in [7, 11) is 1.62. The van der Waals surface area contributed by atoms with Crippen molar-refractivity contribution in [3.05, 3.63) is 94.5 Å². The van der Waals surface area contributed by atoms with Gasteiger partial charge >= 0.3 is 5.91 Å². The summed E-state index contributed by atoms with van der Waals surface area (Å²) >= 11 is 6.62. The van der Waals surface area contributed by atoms with Crippen molar-refractivity contribution in [1.29, 1.82) is 0 Å². The van der Waals surface area contributed by atoms with E-state index in [1.807, 2.05) is 55.5 Å². The third-order valence-corrected chi connectivity index (χ3v) is 5.97. The van der Waals surface area contributed by atoms with Crippen LogP contribution in [0.3, 0.4) is 0 Å². The predicted octanol–water partition coefficient (Wildman–Crippen LogP) is 5.79. The lowest BCUT2D eigenvalue weighted by molar-refractivity contribution is 0.0678. The third kappa shape index (κ3) is 3.52. The summed E-state index contributed by atoms with van der Waals surface area (Å²) in [6, 6.07) is 18.4. The molecule has 0 saturated carbocycles. The van der Waals surface area contributed by atoms with Crippen LogP contribution in [0, 0.1) is 6.92 Å². The van der Waals surface area contributed by atoms with Gasteiger partial charge in [0.25, 0.3) is 0 Å². The summed E-state index contributed by atoms with van der Waals surface area (Å²) in [5, 5.41) is 7.38. The maximum absolute atomic E-state index is 13.3. The van der Waals surface area contributed by atoms with Crippen molar-refractivity contribution in [3.8, 4) is 5.75 Å². The van der Waals surface area contributed by atoms with Crippen LogP contribution >= 0.6 is 11.6 Å². The minimum Gasteiger partial charge on any atom is -0.497 e. The Morgan fingerprint density at radius 2 is 2.00 bits per heavy atom. The largest absolute Gasteiger partial charge is 0.497 e. The van der Waals surface area contributed by atoms with E-state index in [0.29, 0.717) is 11.6 Å². The van der Waals surface area contributed by atoms with Gasteiger partial charge in [0.05, 0.1) is 30.6 Å². The topological polar surface area (TPSA) is 67.9 Å². The average Bonchev–Trinajstić information content (AvgIpc) is 3.49. The normalized spacial score (nSPS) is 15.8. The number of carbonyl (C=O) groups is 1. The minimum absolute atomic E-state index is 0.219. The molecule has 2 aromatic heterocycles. The number of furan rings is 1. The molecule has 1 aliphatic heterocycles. The molecule has 1 unspecified atom stereocenters. The quantitative estimate of drug-likeness (QED) is 0.373. The molecule has 0 radical (unpaired) electrons. The third-order valence-electron chi connectivity index (χ3n) is 5.67. The number of nitrogens with zero attached hydrogens (tertiary/aromatic N) is 3. The SMILES string of the molecule is COc1ccc2nc(Cl)c(C3CC(c4ccccc4C)=NN3C(=O)c3ccco3)cc2c1. The summed E-state index contributed by atoms with van der Waals surface area (Å²) in [6.45, 7) is 2.03. The number of pyridine rings is 1. The van der Waals surface area contributed by atoms with Crippen molar-refractivity contribution >= 4 is 34.1 Å². The fourth-order valence-corrected chi connectivity index (χ4v) is 4.29. The van der Waals surface area contributed by atoms with Gasteiger partial charge in [-0.2, -0.15) is 5.10 Å². The minimum atomic E-state index is -0.419. The van der Waals surface area contributed by atoms with E-state index in [2.05, 4.69) is 4.98 Å². The highest BCUT2D eigenvalue weighted by atomic mass is 35.5. The first-order valence-corrected chi connectivity index (χ1v) is 10.6. The van der Waals surface area contributed by atoms with E-state index >= 15 is 0 Å². The number of ether oxygens (including phenoxy) is 1. The lowest BCUT2D eigenvalue weighted by Crippen LogP contribution is -2.27. The van der Waals surface area contributed by atoms with E-state index in [1.165, 1.54) is 11.3 Å². The van der Waals surface area contributed by atoms with Crippen molar-refractivity contribution in [2.24, 2.45) is 5.10 Å². The molecule has 32 heavy (non-hydrogen) atoms. The molecule has 2 aromatic carbocycles. The summed E-state index contributed by atoms with van der Waals surface area (Å²) < 4.78 is 10.7. The number of hydrogen-bond acceptors (Lipinski definition) is 5. The van der Waals surface area contributed by atoms with Gasteiger partial charge in [0.2, 0.25) is 0 Å². The monoisotopic (exact) mass is 445 g/mol. The number of halogens is 1. The Labute approximate surface area is 190 Å². The number of carbonyl (C=O) groups excluding carboxylic acids is 1. The van der Waals surface area contributed by atoms with Crippen molar-refractivity contribution in [2.75, 3.05) is 7.11 Å². The number of hydrogen-bond donors (Lipinski definition) is 0. The second kappa shape index (κ2) is 8.13. The van der Waals surface area contributed by atoms with Gasteiger partial charge in [-0.05, 0) is 48.9 Å². The summed E-state index contributed by atoms with van der Waals surface area (Å²) in [4.78, 5) is 17.8. The van der Waals surface area contributed by atoms with E-state index in [1.54, 1.807) is 19.2 Å². The van der Waals surface area contributed by atoms with Crippen LogP contribution in [0.5, 0.6) is 5.75 Å². The Balaban J connectivity index is 1.62. The standard InChI is InChI=1S/C25H20ClN3O3/c1-15-6-3-4-7-18(15)21-14-22(29(28-21)25(30)23-8-5-11-32-23)19-13-16-12-17(31-2)9-10-20(16)27-24(19)26/h3-13,22H,14H2,1-2H3. The fourth-order valence-electron chi connectivity index (χ4n) is 4.02. The number of rotatable bonds is 4. The molecule has 3 heterocycles. The van der Waals surface area contributed by atoms with Crippen LogP contribution in [-0.4, -0.2) is 28.7 Å². The molecule has 0 aliphatic carbocycles.